The van der Waals surface area contributed by atoms with E-state index in [1.807, 2.05) is 12.1 Å². The molecule has 1 aromatic rings. The molecule has 11 heavy (non-hydrogen) atoms. The lowest BCUT2D eigenvalue weighted by atomic mass is 10.2. The molecule has 58 valence electrons. The smallest absolute Gasteiger partial charge is 0.143 e. The second kappa shape index (κ2) is 2.53. The van der Waals surface area contributed by atoms with E-state index in [9.17, 15) is 4.79 Å². The SMILES string of the molecule is O=C(Cc1ccco1)C1CC1. The number of carbonyl (C=O) groups is 1. The minimum atomic E-state index is 0.333. The van der Waals surface area contributed by atoms with Gasteiger partial charge in [0.05, 0.1) is 12.7 Å². The van der Waals surface area contributed by atoms with Crippen molar-refractivity contribution in [2.24, 2.45) is 5.92 Å². The molecule has 0 atom stereocenters. The van der Waals surface area contributed by atoms with Gasteiger partial charge in [-0.2, -0.15) is 0 Å². The van der Waals surface area contributed by atoms with Crippen LogP contribution < -0.4 is 0 Å². The van der Waals surface area contributed by atoms with E-state index in [2.05, 4.69) is 0 Å². The minimum absolute atomic E-state index is 0.333. The van der Waals surface area contributed by atoms with Crippen LogP contribution in [0.5, 0.6) is 0 Å². The first-order chi connectivity index (χ1) is 5.36. The molecule has 1 fully saturated rings. The molecule has 1 aliphatic rings. The lowest BCUT2D eigenvalue weighted by molar-refractivity contribution is -0.119. The van der Waals surface area contributed by atoms with Crippen molar-refractivity contribution >= 4 is 5.78 Å². The zero-order valence-electron chi connectivity index (χ0n) is 6.25. The molecule has 0 bridgehead atoms. The Balaban J connectivity index is 1.94. The van der Waals surface area contributed by atoms with Gasteiger partial charge in [0.1, 0.15) is 11.5 Å². The first-order valence-electron chi connectivity index (χ1n) is 3.91. The van der Waals surface area contributed by atoms with Gasteiger partial charge in [-0.1, -0.05) is 0 Å². The summed E-state index contributed by atoms with van der Waals surface area (Å²) in [5, 5.41) is 0. The molecular weight excluding hydrogens is 140 g/mol. The topological polar surface area (TPSA) is 30.2 Å². The van der Waals surface area contributed by atoms with Gasteiger partial charge in [-0.25, -0.2) is 0 Å². The Hall–Kier alpha value is -1.05. The average molecular weight is 150 g/mol. The van der Waals surface area contributed by atoms with Crippen molar-refractivity contribution in [3.8, 4) is 0 Å². The van der Waals surface area contributed by atoms with Crippen LogP contribution in [0.25, 0.3) is 0 Å². The lowest BCUT2D eigenvalue weighted by Crippen LogP contribution is -2.03. The Morgan fingerprint density at radius 1 is 1.64 bits per heavy atom. The van der Waals surface area contributed by atoms with E-state index in [-0.39, 0.29) is 0 Å². The molecule has 0 N–H and O–H groups in total. The molecule has 0 unspecified atom stereocenters. The normalized spacial score (nSPS) is 16.7. The van der Waals surface area contributed by atoms with Crippen LogP contribution in [-0.4, -0.2) is 5.78 Å². The Morgan fingerprint density at radius 3 is 3.00 bits per heavy atom. The summed E-state index contributed by atoms with van der Waals surface area (Å²) in [7, 11) is 0. The highest BCUT2D eigenvalue weighted by Crippen LogP contribution is 2.30. The molecule has 1 aromatic heterocycles. The minimum Gasteiger partial charge on any atom is -0.469 e. The Kier molecular flexibility index (Phi) is 1.53. The molecule has 1 saturated carbocycles. The maximum Gasteiger partial charge on any atom is 0.143 e. The van der Waals surface area contributed by atoms with Crippen molar-refractivity contribution in [2.75, 3.05) is 0 Å². The Labute approximate surface area is 65.2 Å². The second-order valence-electron chi connectivity index (χ2n) is 3.00. The zero-order chi connectivity index (χ0) is 7.68. The van der Waals surface area contributed by atoms with Gasteiger partial charge in [0, 0.05) is 5.92 Å². The molecule has 0 radical (unpaired) electrons. The standard InChI is InChI=1S/C9H10O2/c10-9(7-3-4-7)6-8-2-1-5-11-8/h1-2,5,7H,3-4,6H2. The summed E-state index contributed by atoms with van der Waals surface area (Å²) in [6.07, 6.45) is 4.26. The predicted molar refractivity (Wildman–Crippen MR) is 40.1 cm³/mol. The predicted octanol–water partition coefficient (Wildman–Crippen LogP) is 1.80. The van der Waals surface area contributed by atoms with Crippen LogP contribution in [0, 0.1) is 5.92 Å². The van der Waals surface area contributed by atoms with Crippen molar-refractivity contribution in [2.45, 2.75) is 19.3 Å². The monoisotopic (exact) mass is 150 g/mol. The molecule has 0 aliphatic heterocycles. The summed E-state index contributed by atoms with van der Waals surface area (Å²) in [4.78, 5) is 11.2. The van der Waals surface area contributed by atoms with Gasteiger partial charge in [0.25, 0.3) is 0 Å². The molecule has 1 aliphatic carbocycles. The van der Waals surface area contributed by atoms with Gasteiger partial charge < -0.3 is 4.42 Å². The summed E-state index contributed by atoms with van der Waals surface area (Å²) in [6.45, 7) is 0. The third-order valence-electron chi connectivity index (χ3n) is 1.96. The molecular formula is C9H10O2. The molecule has 2 rings (SSSR count). The number of ketones is 1. The number of furan rings is 1. The number of hydrogen-bond donors (Lipinski definition) is 0. The fourth-order valence-corrected chi connectivity index (χ4v) is 1.13. The number of Topliss-reactive ketones (excluding diaryl/α,β-unsaturated/α-hetero) is 1. The van der Waals surface area contributed by atoms with Crippen molar-refractivity contribution in [1.29, 1.82) is 0 Å². The molecule has 0 amide bonds. The summed E-state index contributed by atoms with van der Waals surface area (Å²) in [5.41, 5.74) is 0. The lowest BCUT2D eigenvalue weighted by Gasteiger charge is -1.92. The van der Waals surface area contributed by atoms with Crippen molar-refractivity contribution in [3.63, 3.8) is 0 Å². The van der Waals surface area contributed by atoms with E-state index in [0.717, 1.165) is 18.6 Å². The number of rotatable bonds is 3. The van der Waals surface area contributed by atoms with Crippen LogP contribution in [0.3, 0.4) is 0 Å². The zero-order valence-corrected chi connectivity index (χ0v) is 6.25. The van der Waals surface area contributed by atoms with Gasteiger partial charge >= 0.3 is 0 Å². The first kappa shape index (κ1) is 6.65. The fourth-order valence-electron chi connectivity index (χ4n) is 1.13. The molecule has 0 spiro atoms. The van der Waals surface area contributed by atoms with Gasteiger partial charge in [-0.15, -0.1) is 0 Å². The second-order valence-corrected chi connectivity index (χ2v) is 3.00. The highest BCUT2D eigenvalue weighted by molar-refractivity contribution is 5.84. The largest absolute Gasteiger partial charge is 0.469 e. The third kappa shape index (κ3) is 1.50. The summed E-state index contributed by atoms with van der Waals surface area (Å²) in [6, 6.07) is 3.66. The van der Waals surface area contributed by atoms with E-state index < -0.39 is 0 Å². The summed E-state index contributed by atoms with van der Waals surface area (Å²) >= 11 is 0. The quantitative estimate of drug-likeness (QED) is 0.657. The first-order valence-corrected chi connectivity index (χ1v) is 3.91. The van der Waals surface area contributed by atoms with Crippen molar-refractivity contribution in [1.82, 2.24) is 0 Å². The van der Waals surface area contributed by atoms with Crippen LogP contribution >= 0.6 is 0 Å². The van der Waals surface area contributed by atoms with Crippen LogP contribution in [0.1, 0.15) is 18.6 Å². The van der Waals surface area contributed by atoms with Crippen LogP contribution in [0.15, 0.2) is 22.8 Å². The van der Waals surface area contributed by atoms with Crippen LogP contribution in [0.4, 0.5) is 0 Å². The van der Waals surface area contributed by atoms with E-state index >= 15 is 0 Å². The van der Waals surface area contributed by atoms with Crippen molar-refractivity contribution in [3.05, 3.63) is 24.2 Å². The highest BCUT2D eigenvalue weighted by Gasteiger charge is 2.29. The third-order valence-corrected chi connectivity index (χ3v) is 1.96. The molecule has 0 saturated heterocycles. The van der Waals surface area contributed by atoms with Gasteiger partial charge in [0.15, 0.2) is 0 Å². The van der Waals surface area contributed by atoms with E-state index in [1.54, 1.807) is 6.26 Å². The average Bonchev–Trinajstić information content (AvgIpc) is 2.73. The molecule has 2 nitrogen and oxygen atoms in total. The molecule has 0 aromatic carbocycles. The Bertz CT molecular complexity index is 245. The van der Waals surface area contributed by atoms with Crippen LogP contribution in [0.2, 0.25) is 0 Å². The number of carbonyl (C=O) groups excluding carboxylic acids is 1. The molecule has 2 heteroatoms. The Morgan fingerprint density at radius 2 is 2.45 bits per heavy atom. The maximum atomic E-state index is 11.2. The highest BCUT2D eigenvalue weighted by atomic mass is 16.3. The van der Waals surface area contributed by atoms with E-state index in [4.69, 9.17) is 4.42 Å². The molecule has 1 heterocycles. The van der Waals surface area contributed by atoms with Crippen LogP contribution in [-0.2, 0) is 11.2 Å². The fraction of sp³-hybridized carbons (Fsp3) is 0.444. The summed E-state index contributed by atoms with van der Waals surface area (Å²) in [5.74, 6) is 1.47. The van der Waals surface area contributed by atoms with E-state index in [1.165, 1.54) is 0 Å². The van der Waals surface area contributed by atoms with Gasteiger partial charge in [0.2, 0.25) is 0 Å². The summed E-state index contributed by atoms with van der Waals surface area (Å²) < 4.78 is 5.06. The van der Waals surface area contributed by atoms with Crippen molar-refractivity contribution < 1.29 is 9.21 Å². The van der Waals surface area contributed by atoms with E-state index in [0.29, 0.717) is 18.1 Å². The van der Waals surface area contributed by atoms with Gasteiger partial charge in [-0.3, -0.25) is 4.79 Å². The number of hydrogen-bond acceptors (Lipinski definition) is 2. The maximum absolute atomic E-state index is 11.2. The van der Waals surface area contributed by atoms with Gasteiger partial charge in [-0.05, 0) is 25.0 Å².